The lowest BCUT2D eigenvalue weighted by Crippen LogP contribution is -2.42. The van der Waals surface area contributed by atoms with E-state index in [1.54, 1.807) is 22.5 Å². The van der Waals surface area contributed by atoms with Crippen molar-refractivity contribution in [3.05, 3.63) is 29.8 Å². The van der Waals surface area contributed by atoms with Crippen molar-refractivity contribution in [2.45, 2.75) is 43.5 Å². The third kappa shape index (κ3) is 4.55. The van der Waals surface area contributed by atoms with E-state index in [1.165, 1.54) is 6.07 Å². The first-order valence-corrected chi connectivity index (χ1v) is 9.95. The molecule has 2 rings (SSSR count). The summed E-state index contributed by atoms with van der Waals surface area (Å²) < 4.78 is 27.3. The molecule has 0 aromatic heterocycles. The SMILES string of the molecule is CNCCCNC(=O)c1cccc(S(=O)(=O)N2CCCCC2C)c1. The minimum absolute atomic E-state index is 0.00257. The Kier molecular flexibility index (Phi) is 6.77. The van der Waals surface area contributed by atoms with E-state index in [1.807, 2.05) is 14.0 Å². The maximum atomic E-state index is 12.9. The maximum Gasteiger partial charge on any atom is 0.251 e. The van der Waals surface area contributed by atoms with E-state index in [2.05, 4.69) is 10.6 Å². The molecule has 1 aliphatic rings. The summed E-state index contributed by atoms with van der Waals surface area (Å²) in [6.07, 6.45) is 3.65. The highest BCUT2D eigenvalue weighted by atomic mass is 32.2. The number of amides is 1. The molecule has 1 saturated heterocycles. The average Bonchev–Trinajstić information content (AvgIpc) is 2.59. The van der Waals surface area contributed by atoms with Crippen LogP contribution in [-0.4, -0.2) is 51.4 Å². The number of benzene rings is 1. The Labute approximate surface area is 144 Å². The molecular formula is C17H27N3O3S. The Balaban J connectivity index is 2.12. The van der Waals surface area contributed by atoms with Gasteiger partial charge in [0.1, 0.15) is 0 Å². The van der Waals surface area contributed by atoms with Gasteiger partial charge in [-0.15, -0.1) is 0 Å². The lowest BCUT2D eigenvalue weighted by atomic mass is 10.1. The second-order valence-corrected chi connectivity index (χ2v) is 8.09. The van der Waals surface area contributed by atoms with E-state index < -0.39 is 10.0 Å². The van der Waals surface area contributed by atoms with Gasteiger partial charge in [0.15, 0.2) is 0 Å². The highest BCUT2D eigenvalue weighted by Crippen LogP contribution is 2.25. The van der Waals surface area contributed by atoms with Crippen LogP contribution in [-0.2, 0) is 10.0 Å². The molecule has 1 amide bonds. The van der Waals surface area contributed by atoms with E-state index in [4.69, 9.17) is 0 Å². The number of sulfonamides is 1. The first kappa shape index (κ1) is 18.9. The lowest BCUT2D eigenvalue weighted by molar-refractivity contribution is 0.0953. The summed E-state index contributed by atoms with van der Waals surface area (Å²) in [5.74, 6) is -0.241. The normalized spacial score (nSPS) is 19.2. The molecule has 0 saturated carbocycles. The van der Waals surface area contributed by atoms with Crippen molar-refractivity contribution in [1.82, 2.24) is 14.9 Å². The van der Waals surface area contributed by atoms with Crippen molar-refractivity contribution in [2.24, 2.45) is 0 Å². The fourth-order valence-electron chi connectivity index (χ4n) is 2.93. The van der Waals surface area contributed by atoms with Crippen molar-refractivity contribution in [3.8, 4) is 0 Å². The van der Waals surface area contributed by atoms with E-state index in [0.717, 1.165) is 32.2 Å². The summed E-state index contributed by atoms with van der Waals surface area (Å²) in [5, 5.41) is 5.83. The third-order valence-corrected chi connectivity index (χ3v) is 6.34. The van der Waals surface area contributed by atoms with Gasteiger partial charge in [-0.3, -0.25) is 4.79 Å². The molecule has 1 aromatic rings. The van der Waals surface area contributed by atoms with E-state index >= 15 is 0 Å². The second-order valence-electron chi connectivity index (χ2n) is 6.20. The van der Waals surface area contributed by atoms with Gasteiger partial charge >= 0.3 is 0 Å². The smallest absolute Gasteiger partial charge is 0.251 e. The number of piperidine rings is 1. The Bertz CT molecular complexity index is 661. The van der Waals surface area contributed by atoms with Crippen LogP contribution in [0.25, 0.3) is 0 Å². The quantitative estimate of drug-likeness (QED) is 0.730. The molecule has 1 atom stereocenters. The average molecular weight is 353 g/mol. The molecule has 1 fully saturated rings. The van der Waals surface area contributed by atoms with Gasteiger partial charge in [-0.1, -0.05) is 12.5 Å². The molecule has 1 aliphatic heterocycles. The highest BCUT2D eigenvalue weighted by molar-refractivity contribution is 7.89. The van der Waals surface area contributed by atoms with Crippen molar-refractivity contribution >= 4 is 15.9 Å². The van der Waals surface area contributed by atoms with Gasteiger partial charge in [0.05, 0.1) is 4.90 Å². The lowest BCUT2D eigenvalue weighted by Gasteiger charge is -2.32. The number of nitrogens with one attached hydrogen (secondary N) is 2. The monoisotopic (exact) mass is 353 g/mol. The fourth-order valence-corrected chi connectivity index (χ4v) is 4.68. The Morgan fingerprint density at radius 2 is 2.08 bits per heavy atom. The zero-order valence-corrected chi connectivity index (χ0v) is 15.2. The molecule has 2 N–H and O–H groups in total. The Morgan fingerprint density at radius 3 is 2.79 bits per heavy atom. The van der Waals surface area contributed by atoms with Gasteiger partial charge in [0, 0.05) is 24.7 Å². The molecule has 1 aromatic carbocycles. The Hall–Kier alpha value is -1.44. The van der Waals surface area contributed by atoms with Crippen LogP contribution in [0.4, 0.5) is 0 Å². The summed E-state index contributed by atoms with van der Waals surface area (Å²) in [5.41, 5.74) is 0.380. The molecule has 7 heteroatoms. The molecule has 0 spiro atoms. The van der Waals surface area contributed by atoms with Gasteiger partial charge in [-0.05, 0) is 58.0 Å². The Morgan fingerprint density at radius 1 is 1.29 bits per heavy atom. The van der Waals surface area contributed by atoms with Crippen LogP contribution in [0.5, 0.6) is 0 Å². The molecular weight excluding hydrogens is 326 g/mol. The second kappa shape index (κ2) is 8.60. The number of hydrogen-bond acceptors (Lipinski definition) is 4. The van der Waals surface area contributed by atoms with E-state index in [9.17, 15) is 13.2 Å². The van der Waals surface area contributed by atoms with Crippen LogP contribution >= 0.6 is 0 Å². The fraction of sp³-hybridized carbons (Fsp3) is 0.588. The number of rotatable bonds is 7. The van der Waals surface area contributed by atoms with Gasteiger partial charge in [-0.2, -0.15) is 4.31 Å². The van der Waals surface area contributed by atoms with Gasteiger partial charge in [-0.25, -0.2) is 8.42 Å². The van der Waals surface area contributed by atoms with E-state index in [0.29, 0.717) is 18.7 Å². The first-order valence-electron chi connectivity index (χ1n) is 8.51. The minimum Gasteiger partial charge on any atom is -0.352 e. The highest BCUT2D eigenvalue weighted by Gasteiger charge is 2.31. The van der Waals surface area contributed by atoms with Crippen molar-refractivity contribution < 1.29 is 13.2 Å². The molecule has 134 valence electrons. The standard InChI is InChI=1S/C17H27N3O3S/c1-14-7-3-4-12-20(14)24(22,23)16-9-5-8-15(13-16)17(21)19-11-6-10-18-2/h5,8-9,13-14,18H,3-4,6-7,10-12H2,1-2H3,(H,19,21). The summed E-state index contributed by atoms with van der Waals surface area (Å²) in [6.45, 7) is 3.86. The zero-order valence-electron chi connectivity index (χ0n) is 14.4. The maximum absolute atomic E-state index is 12.9. The summed E-state index contributed by atoms with van der Waals surface area (Å²) in [4.78, 5) is 12.4. The van der Waals surface area contributed by atoms with Crippen LogP contribution in [0, 0.1) is 0 Å². The number of hydrogen-bond donors (Lipinski definition) is 2. The topological polar surface area (TPSA) is 78.5 Å². The largest absolute Gasteiger partial charge is 0.352 e. The van der Waals surface area contributed by atoms with Crippen molar-refractivity contribution in [1.29, 1.82) is 0 Å². The first-order chi connectivity index (χ1) is 11.5. The summed E-state index contributed by atoms with van der Waals surface area (Å²) >= 11 is 0. The van der Waals surface area contributed by atoms with Gasteiger partial charge in [0.2, 0.25) is 10.0 Å². The third-order valence-electron chi connectivity index (χ3n) is 4.33. The molecule has 6 nitrogen and oxygen atoms in total. The summed E-state index contributed by atoms with van der Waals surface area (Å²) in [6, 6.07) is 6.32. The molecule has 1 unspecified atom stereocenters. The van der Waals surface area contributed by atoms with E-state index in [-0.39, 0.29) is 16.8 Å². The molecule has 24 heavy (non-hydrogen) atoms. The van der Waals surface area contributed by atoms with Gasteiger partial charge < -0.3 is 10.6 Å². The molecule has 1 heterocycles. The predicted octanol–water partition coefficient (Wildman–Crippen LogP) is 1.59. The number of nitrogens with zero attached hydrogens (tertiary/aromatic N) is 1. The zero-order chi connectivity index (χ0) is 17.6. The molecule has 0 bridgehead atoms. The molecule has 0 aliphatic carbocycles. The minimum atomic E-state index is -3.55. The molecule has 0 radical (unpaired) electrons. The number of carbonyl (C=O) groups excluding carboxylic acids is 1. The number of carbonyl (C=O) groups is 1. The van der Waals surface area contributed by atoms with Crippen LogP contribution in [0.3, 0.4) is 0 Å². The van der Waals surface area contributed by atoms with Crippen molar-refractivity contribution in [2.75, 3.05) is 26.7 Å². The summed E-state index contributed by atoms with van der Waals surface area (Å²) in [7, 11) is -1.69. The van der Waals surface area contributed by atoms with Crippen LogP contribution in [0.1, 0.15) is 43.0 Å². The van der Waals surface area contributed by atoms with Crippen molar-refractivity contribution in [3.63, 3.8) is 0 Å². The van der Waals surface area contributed by atoms with Crippen LogP contribution in [0.15, 0.2) is 29.2 Å². The van der Waals surface area contributed by atoms with Crippen LogP contribution in [0.2, 0.25) is 0 Å². The predicted molar refractivity (Wildman–Crippen MR) is 94.5 cm³/mol. The van der Waals surface area contributed by atoms with Gasteiger partial charge in [0.25, 0.3) is 5.91 Å². The van der Waals surface area contributed by atoms with Crippen LogP contribution < -0.4 is 10.6 Å².